The van der Waals surface area contributed by atoms with Crippen LogP contribution in [0.3, 0.4) is 0 Å². The minimum absolute atomic E-state index is 0.180. The zero-order chi connectivity index (χ0) is 30.0. The third-order valence-corrected chi connectivity index (χ3v) is 12.5. The topological polar surface area (TPSA) is 69.7 Å². The van der Waals surface area contributed by atoms with Crippen LogP contribution < -0.4 is 0 Å². The maximum Gasteiger partial charge on any atom is 0.185 e. The highest BCUT2D eigenvalue weighted by Gasteiger charge is 2.52. The van der Waals surface area contributed by atoms with Gasteiger partial charge in [0.25, 0.3) is 0 Å². The Morgan fingerprint density at radius 3 is 2.57 bits per heavy atom. The number of ketones is 1. The summed E-state index contributed by atoms with van der Waals surface area (Å²) in [5, 5.41) is 0. The van der Waals surface area contributed by atoms with Crippen molar-refractivity contribution in [3.8, 4) is 0 Å². The van der Waals surface area contributed by atoms with Crippen LogP contribution in [0.2, 0.25) is 0 Å². The highest BCUT2D eigenvalue weighted by molar-refractivity contribution is 7.92. The SMILES string of the molecule is C=C1CC[C@H]2C(C)(C)CCC[C@]2(C)[C@H]1CCC1=CC=C(C(=O)CS(=O)(=O)c2ccccc2)[C@@H](COC2CCCCO2)C1. The molecule has 42 heavy (non-hydrogen) atoms. The number of benzene rings is 1. The van der Waals surface area contributed by atoms with E-state index in [1.54, 1.807) is 30.3 Å². The summed E-state index contributed by atoms with van der Waals surface area (Å²) in [6.07, 6.45) is 15.7. The lowest BCUT2D eigenvalue weighted by molar-refractivity contribution is -0.167. The summed E-state index contributed by atoms with van der Waals surface area (Å²) >= 11 is 0. The minimum atomic E-state index is -3.73. The number of carbonyl (C=O) groups excluding carboxylic acids is 1. The van der Waals surface area contributed by atoms with E-state index in [0.29, 0.717) is 36.5 Å². The van der Waals surface area contributed by atoms with E-state index in [4.69, 9.17) is 9.47 Å². The summed E-state index contributed by atoms with van der Waals surface area (Å²) in [6.45, 7) is 13.1. The molecule has 1 aliphatic heterocycles. The molecule has 0 radical (unpaired) electrons. The van der Waals surface area contributed by atoms with Crippen molar-refractivity contribution < 1.29 is 22.7 Å². The third kappa shape index (κ3) is 6.87. The number of hydrogen-bond acceptors (Lipinski definition) is 5. The second-order valence-electron chi connectivity index (χ2n) is 14.2. The van der Waals surface area contributed by atoms with Gasteiger partial charge in [-0.2, -0.15) is 0 Å². The van der Waals surface area contributed by atoms with Crippen LogP contribution in [0.4, 0.5) is 0 Å². The molecule has 4 aliphatic rings. The summed E-state index contributed by atoms with van der Waals surface area (Å²) in [5.74, 6) is 0.181. The molecule has 0 N–H and O–H groups in total. The number of ether oxygens (including phenoxy) is 2. The molecule has 1 unspecified atom stereocenters. The standard InChI is InChI=1S/C36H50O5S/c1-26-14-19-33-35(2,3)20-10-21-36(33,4)31(26)18-16-27-15-17-30(28(23-27)24-41-34-13-8-9-22-40-34)32(37)25-42(38,39)29-11-6-5-7-12-29/h5-7,11-12,15,17,28,31,33-34H,1,8-10,13-14,16,18-25H2,2-4H3/t28-,31+,33+,34?,36-/m1/s1. The fourth-order valence-corrected chi connectivity index (χ4v) is 9.91. The molecule has 6 heteroatoms. The quantitative estimate of drug-likeness (QED) is 0.257. The first kappa shape index (κ1) is 31.4. The molecular formula is C36H50O5S. The van der Waals surface area contributed by atoms with E-state index in [2.05, 4.69) is 33.4 Å². The zero-order valence-electron chi connectivity index (χ0n) is 25.9. The van der Waals surface area contributed by atoms with Gasteiger partial charge in [0.2, 0.25) is 0 Å². The van der Waals surface area contributed by atoms with Gasteiger partial charge in [-0.15, -0.1) is 0 Å². The van der Waals surface area contributed by atoms with Crippen LogP contribution in [0.25, 0.3) is 0 Å². The van der Waals surface area contributed by atoms with Crippen molar-refractivity contribution in [2.24, 2.45) is 28.6 Å². The van der Waals surface area contributed by atoms with Crippen LogP contribution in [0, 0.1) is 28.6 Å². The van der Waals surface area contributed by atoms with E-state index in [1.165, 1.54) is 36.8 Å². The van der Waals surface area contributed by atoms with Crippen molar-refractivity contribution in [1.29, 1.82) is 0 Å². The summed E-state index contributed by atoms with van der Waals surface area (Å²) in [6, 6.07) is 8.24. The first-order chi connectivity index (χ1) is 20.0. The van der Waals surface area contributed by atoms with Crippen LogP contribution in [0.1, 0.15) is 91.4 Å². The van der Waals surface area contributed by atoms with Crippen molar-refractivity contribution in [3.05, 3.63) is 65.8 Å². The van der Waals surface area contributed by atoms with Crippen LogP contribution in [-0.2, 0) is 24.1 Å². The summed E-state index contributed by atoms with van der Waals surface area (Å²) in [4.78, 5) is 13.7. The number of allylic oxidation sites excluding steroid dienone is 4. The van der Waals surface area contributed by atoms with Gasteiger partial charge in [0.1, 0.15) is 5.75 Å². The third-order valence-electron chi connectivity index (χ3n) is 10.9. The van der Waals surface area contributed by atoms with Crippen molar-refractivity contribution in [2.45, 2.75) is 103 Å². The molecule has 3 aliphatic carbocycles. The molecule has 0 amide bonds. The van der Waals surface area contributed by atoms with Gasteiger partial charge in [-0.1, -0.05) is 75.3 Å². The number of carbonyl (C=O) groups is 1. The average molecular weight is 595 g/mol. The van der Waals surface area contributed by atoms with Gasteiger partial charge in [0.05, 0.1) is 11.5 Å². The fraction of sp³-hybridized carbons (Fsp3) is 0.639. The molecule has 2 saturated carbocycles. The number of Topliss-reactive ketones (excluding diaryl/α,β-unsaturated/α-hetero) is 1. The first-order valence-electron chi connectivity index (χ1n) is 16.1. The normalized spacial score (nSPS) is 31.5. The van der Waals surface area contributed by atoms with E-state index in [-0.39, 0.29) is 28.3 Å². The molecule has 5 nitrogen and oxygen atoms in total. The van der Waals surface area contributed by atoms with Gasteiger partial charge in [0, 0.05) is 18.1 Å². The highest BCUT2D eigenvalue weighted by atomic mass is 32.2. The average Bonchev–Trinajstić information content (AvgIpc) is 2.96. The Labute approximate surface area is 253 Å². The van der Waals surface area contributed by atoms with Crippen molar-refractivity contribution in [2.75, 3.05) is 19.0 Å². The second-order valence-corrected chi connectivity index (χ2v) is 16.2. The fourth-order valence-electron chi connectivity index (χ4n) is 8.66. The Hall–Kier alpha value is -2.02. The summed E-state index contributed by atoms with van der Waals surface area (Å²) in [5.41, 5.74) is 3.93. The molecule has 3 fully saturated rings. The predicted molar refractivity (Wildman–Crippen MR) is 168 cm³/mol. The van der Waals surface area contributed by atoms with Gasteiger partial charge in [-0.3, -0.25) is 4.79 Å². The van der Waals surface area contributed by atoms with Crippen LogP contribution in [-0.4, -0.2) is 39.5 Å². The Balaban J connectivity index is 1.32. The van der Waals surface area contributed by atoms with E-state index in [0.717, 1.165) is 44.4 Å². The monoisotopic (exact) mass is 594 g/mol. The lowest BCUT2D eigenvalue weighted by Crippen LogP contribution is -2.49. The minimum Gasteiger partial charge on any atom is -0.353 e. The first-order valence-corrected chi connectivity index (χ1v) is 17.8. The summed E-state index contributed by atoms with van der Waals surface area (Å²) < 4.78 is 38.1. The van der Waals surface area contributed by atoms with E-state index >= 15 is 0 Å². The molecule has 0 bridgehead atoms. The molecule has 0 spiro atoms. The molecule has 5 rings (SSSR count). The molecule has 1 aromatic carbocycles. The van der Waals surface area contributed by atoms with Crippen molar-refractivity contribution >= 4 is 15.6 Å². The molecule has 0 aromatic heterocycles. The maximum atomic E-state index is 13.5. The second kappa shape index (κ2) is 12.9. The van der Waals surface area contributed by atoms with Gasteiger partial charge in [-0.05, 0) is 99.0 Å². The number of fused-ring (bicyclic) bond motifs is 1. The molecule has 1 saturated heterocycles. The van der Waals surface area contributed by atoms with Crippen LogP contribution >= 0.6 is 0 Å². The highest BCUT2D eigenvalue weighted by Crippen LogP contribution is 2.61. The molecule has 1 aromatic rings. The van der Waals surface area contributed by atoms with E-state index < -0.39 is 15.6 Å². The van der Waals surface area contributed by atoms with Crippen molar-refractivity contribution in [1.82, 2.24) is 0 Å². The zero-order valence-corrected chi connectivity index (χ0v) is 26.7. The predicted octanol–water partition coefficient (Wildman–Crippen LogP) is 8.02. The molecule has 5 atom stereocenters. The summed E-state index contributed by atoms with van der Waals surface area (Å²) in [7, 11) is -3.73. The number of hydrogen-bond donors (Lipinski definition) is 0. The number of sulfone groups is 1. The lowest BCUT2D eigenvalue weighted by atomic mass is 9.47. The molecule has 230 valence electrons. The van der Waals surface area contributed by atoms with E-state index in [9.17, 15) is 13.2 Å². The van der Waals surface area contributed by atoms with Crippen LogP contribution in [0.15, 0.2) is 70.7 Å². The van der Waals surface area contributed by atoms with Gasteiger partial charge < -0.3 is 9.47 Å². The lowest BCUT2D eigenvalue weighted by Gasteiger charge is -2.58. The molecule has 1 heterocycles. The maximum absolute atomic E-state index is 13.5. The van der Waals surface area contributed by atoms with Gasteiger partial charge in [0.15, 0.2) is 21.9 Å². The Kier molecular flexibility index (Phi) is 9.66. The number of rotatable bonds is 10. The van der Waals surface area contributed by atoms with Crippen molar-refractivity contribution in [3.63, 3.8) is 0 Å². The largest absolute Gasteiger partial charge is 0.353 e. The molecular weight excluding hydrogens is 544 g/mol. The van der Waals surface area contributed by atoms with Gasteiger partial charge in [-0.25, -0.2) is 8.42 Å². The van der Waals surface area contributed by atoms with E-state index in [1.807, 2.05) is 6.08 Å². The Morgan fingerprint density at radius 1 is 1.05 bits per heavy atom. The Bertz CT molecular complexity index is 1300. The van der Waals surface area contributed by atoms with Gasteiger partial charge >= 0.3 is 0 Å². The smallest absolute Gasteiger partial charge is 0.185 e. The Morgan fingerprint density at radius 2 is 1.83 bits per heavy atom. The van der Waals surface area contributed by atoms with Crippen LogP contribution in [0.5, 0.6) is 0 Å².